The Morgan fingerprint density at radius 3 is 2.07 bits per heavy atom. The molecule has 0 aromatic heterocycles. The molecule has 0 aliphatic heterocycles. The van der Waals surface area contributed by atoms with Gasteiger partial charge in [0.1, 0.15) is 6.61 Å². The van der Waals surface area contributed by atoms with Crippen LogP contribution in [0.2, 0.25) is 0 Å². The average Bonchev–Trinajstić information content (AvgIpc) is 3.29. The molecule has 3 aromatic carbocycles. The summed E-state index contributed by atoms with van der Waals surface area (Å²) in [5.41, 5.74) is 6.41. The van der Waals surface area contributed by atoms with Crippen LogP contribution in [-0.4, -0.2) is 23.8 Å². The van der Waals surface area contributed by atoms with Crippen molar-refractivity contribution in [2.45, 2.75) is 18.4 Å². The summed E-state index contributed by atoms with van der Waals surface area (Å²) in [6, 6.07) is 23.2. The lowest BCUT2D eigenvalue weighted by Gasteiger charge is -2.20. The lowest BCUT2D eigenvalue weighted by atomic mass is 9.98. The minimum Gasteiger partial charge on any atom is -0.481 e. The van der Waals surface area contributed by atoms with Crippen molar-refractivity contribution >= 4 is 12.1 Å². The number of amides is 1. The SMILES string of the molecule is O=C(NC1c2ccccc2CC1C(=O)O)OCC1c2ccccc2-c2ccccc21. The number of carbonyl (C=O) groups is 2. The Hall–Kier alpha value is -3.60. The molecule has 2 aliphatic rings. The molecule has 5 heteroatoms. The Labute approximate surface area is 174 Å². The van der Waals surface area contributed by atoms with E-state index in [4.69, 9.17) is 4.74 Å². The summed E-state index contributed by atoms with van der Waals surface area (Å²) in [5, 5.41) is 12.4. The number of benzene rings is 3. The van der Waals surface area contributed by atoms with E-state index in [2.05, 4.69) is 29.6 Å². The van der Waals surface area contributed by atoms with Gasteiger partial charge in [-0.2, -0.15) is 0 Å². The highest BCUT2D eigenvalue weighted by Gasteiger charge is 2.38. The van der Waals surface area contributed by atoms with Gasteiger partial charge in [0.15, 0.2) is 0 Å². The first kappa shape index (κ1) is 18.4. The van der Waals surface area contributed by atoms with E-state index < -0.39 is 24.0 Å². The molecule has 0 saturated carbocycles. The first-order valence-corrected chi connectivity index (χ1v) is 10.1. The largest absolute Gasteiger partial charge is 0.481 e. The van der Waals surface area contributed by atoms with Crippen LogP contribution in [0.25, 0.3) is 11.1 Å². The second kappa shape index (κ2) is 7.34. The molecule has 5 rings (SSSR count). The van der Waals surface area contributed by atoms with Gasteiger partial charge in [-0.15, -0.1) is 0 Å². The zero-order chi connectivity index (χ0) is 20.7. The number of alkyl carbamates (subject to hydrolysis) is 1. The fraction of sp³-hybridized carbons (Fsp3) is 0.200. The van der Waals surface area contributed by atoms with Gasteiger partial charge in [0.05, 0.1) is 12.0 Å². The fourth-order valence-corrected chi connectivity index (χ4v) is 4.77. The number of ether oxygens (including phenoxy) is 1. The van der Waals surface area contributed by atoms with Crippen LogP contribution in [0.5, 0.6) is 0 Å². The lowest BCUT2D eigenvalue weighted by Crippen LogP contribution is -2.35. The van der Waals surface area contributed by atoms with Crippen LogP contribution in [-0.2, 0) is 16.0 Å². The lowest BCUT2D eigenvalue weighted by molar-refractivity contribution is -0.142. The molecule has 2 atom stereocenters. The molecule has 30 heavy (non-hydrogen) atoms. The Bertz CT molecular complexity index is 1090. The van der Waals surface area contributed by atoms with Crippen molar-refractivity contribution in [1.29, 1.82) is 0 Å². The molecular formula is C25H21NO4. The minimum atomic E-state index is -0.921. The van der Waals surface area contributed by atoms with Crippen LogP contribution >= 0.6 is 0 Å². The number of carboxylic acids is 1. The van der Waals surface area contributed by atoms with Crippen LogP contribution in [0.1, 0.15) is 34.2 Å². The normalized spacial score (nSPS) is 18.9. The van der Waals surface area contributed by atoms with E-state index in [1.54, 1.807) is 0 Å². The molecule has 150 valence electrons. The summed E-state index contributed by atoms with van der Waals surface area (Å²) >= 11 is 0. The van der Waals surface area contributed by atoms with Crippen LogP contribution in [0.4, 0.5) is 4.79 Å². The van der Waals surface area contributed by atoms with E-state index >= 15 is 0 Å². The summed E-state index contributed by atoms with van der Waals surface area (Å²) in [7, 11) is 0. The van der Waals surface area contributed by atoms with Gasteiger partial charge in [-0.1, -0.05) is 72.8 Å². The van der Waals surface area contributed by atoms with Gasteiger partial charge in [-0.25, -0.2) is 4.79 Å². The van der Waals surface area contributed by atoms with Crippen molar-refractivity contribution in [1.82, 2.24) is 5.32 Å². The molecule has 0 heterocycles. The van der Waals surface area contributed by atoms with Crippen LogP contribution in [0, 0.1) is 5.92 Å². The Morgan fingerprint density at radius 2 is 1.43 bits per heavy atom. The van der Waals surface area contributed by atoms with E-state index in [-0.39, 0.29) is 12.5 Å². The molecule has 0 radical (unpaired) electrons. The highest BCUT2D eigenvalue weighted by Crippen LogP contribution is 2.44. The average molecular weight is 399 g/mol. The van der Waals surface area contributed by atoms with Gasteiger partial charge in [0, 0.05) is 5.92 Å². The van der Waals surface area contributed by atoms with Gasteiger partial charge in [-0.05, 0) is 39.8 Å². The molecule has 1 amide bonds. The van der Waals surface area contributed by atoms with Crippen LogP contribution < -0.4 is 5.32 Å². The van der Waals surface area contributed by atoms with Gasteiger partial charge in [0.25, 0.3) is 0 Å². The number of rotatable bonds is 4. The van der Waals surface area contributed by atoms with Gasteiger partial charge in [-0.3, -0.25) is 4.79 Å². The number of carbonyl (C=O) groups excluding carboxylic acids is 1. The molecule has 2 N–H and O–H groups in total. The number of carboxylic acid groups (broad SMARTS) is 1. The first-order valence-electron chi connectivity index (χ1n) is 10.1. The van der Waals surface area contributed by atoms with Gasteiger partial charge < -0.3 is 15.2 Å². The molecule has 3 aromatic rings. The topological polar surface area (TPSA) is 75.6 Å². The highest BCUT2D eigenvalue weighted by atomic mass is 16.5. The Kier molecular flexibility index (Phi) is 4.51. The van der Waals surface area contributed by atoms with Crippen molar-refractivity contribution in [3.8, 4) is 11.1 Å². The van der Waals surface area contributed by atoms with Crippen molar-refractivity contribution in [2.24, 2.45) is 5.92 Å². The van der Waals surface area contributed by atoms with Crippen LogP contribution in [0.15, 0.2) is 72.8 Å². The van der Waals surface area contributed by atoms with Crippen LogP contribution in [0.3, 0.4) is 0 Å². The van der Waals surface area contributed by atoms with Crippen molar-refractivity contribution in [2.75, 3.05) is 6.61 Å². The maximum atomic E-state index is 12.6. The summed E-state index contributed by atoms with van der Waals surface area (Å²) in [4.78, 5) is 24.3. The maximum absolute atomic E-state index is 12.6. The molecule has 5 nitrogen and oxygen atoms in total. The van der Waals surface area contributed by atoms with Gasteiger partial charge in [0.2, 0.25) is 0 Å². The molecule has 0 fully saturated rings. The van der Waals surface area contributed by atoms with Crippen molar-refractivity contribution < 1.29 is 19.4 Å². The number of aliphatic carboxylic acids is 1. The third kappa shape index (κ3) is 3.03. The molecule has 2 aliphatic carbocycles. The number of fused-ring (bicyclic) bond motifs is 4. The Morgan fingerprint density at radius 1 is 0.867 bits per heavy atom. The number of nitrogens with one attached hydrogen (secondary N) is 1. The molecule has 0 spiro atoms. The zero-order valence-corrected chi connectivity index (χ0v) is 16.2. The van der Waals surface area contributed by atoms with Gasteiger partial charge >= 0.3 is 12.1 Å². The second-order valence-electron chi connectivity index (χ2n) is 7.80. The number of hydrogen-bond acceptors (Lipinski definition) is 3. The third-order valence-corrected chi connectivity index (χ3v) is 6.17. The fourth-order valence-electron chi connectivity index (χ4n) is 4.77. The zero-order valence-electron chi connectivity index (χ0n) is 16.2. The predicted octanol–water partition coefficient (Wildman–Crippen LogP) is 4.52. The van der Waals surface area contributed by atoms with E-state index in [1.165, 1.54) is 0 Å². The van der Waals surface area contributed by atoms with Crippen molar-refractivity contribution in [3.05, 3.63) is 95.1 Å². The molecule has 2 unspecified atom stereocenters. The second-order valence-corrected chi connectivity index (χ2v) is 7.80. The molecular weight excluding hydrogens is 378 g/mol. The summed E-state index contributed by atoms with van der Waals surface area (Å²) < 4.78 is 5.60. The number of hydrogen-bond donors (Lipinski definition) is 2. The summed E-state index contributed by atoms with van der Waals surface area (Å²) in [6.45, 7) is 0.200. The van der Waals surface area contributed by atoms with E-state index in [0.29, 0.717) is 6.42 Å². The highest BCUT2D eigenvalue weighted by molar-refractivity contribution is 5.79. The minimum absolute atomic E-state index is 0.0331. The summed E-state index contributed by atoms with van der Waals surface area (Å²) in [5.74, 6) is -1.65. The first-order chi connectivity index (χ1) is 14.6. The van der Waals surface area contributed by atoms with Crippen molar-refractivity contribution in [3.63, 3.8) is 0 Å². The molecule has 0 saturated heterocycles. The standard InChI is InChI=1S/C25H21NO4/c27-24(28)21-13-15-7-1-2-8-16(15)23(21)26-25(29)30-14-22-19-11-5-3-9-17(19)18-10-4-6-12-20(18)22/h1-12,21-23H,13-14H2,(H,26,29)(H,27,28). The Balaban J connectivity index is 1.33. The third-order valence-electron chi connectivity index (χ3n) is 6.17. The van der Waals surface area contributed by atoms with E-state index in [1.807, 2.05) is 48.5 Å². The van der Waals surface area contributed by atoms with E-state index in [9.17, 15) is 14.7 Å². The smallest absolute Gasteiger partial charge is 0.407 e. The van der Waals surface area contributed by atoms with E-state index in [0.717, 1.165) is 33.4 Å². The monoisotopic (exact) mass is 399 g/mol. The maximum Gasteiger partial charge on any atom is 0.407 e. The quantitative estimate of drug-likeness (QED) is 0.676. The molecule has 0 bridgehead atoms. The predicted molar refractivity (Wildman–Crippen MR) is 112 cm³/mol. The summed E-state index contributed by atoms with van der Waals surface area (Å²) in [6.07, 6.45) is -0.190.